The van der Waals surface area contributed by atoms with Crippen molar-refractivity contribution in [3.63, 3.8) is 0 Å². The molecular formula is C25H29N2O4+. The molecule has 31 heavy (non-hydrogen) atoms. The highest BCUT2D eigenvalue weighted by Crippen LogP contribution is 2.32. The van der Waals surface area contributed by atoms with Crippen molar-refractivity contribution in [1.29, 1.82) is 0 Å². The van der Waals surface area contributed by atoms with Crippen LogP contribution in [0.1, 0.15) is 39.9 Å². The Bertz CT molecular complexity index is 1130. The van der Waals surface area contributed by atoms with E-state index in [1.165, 1.54) is 11.1 Å². The molecule has 0 aliphatic carbocycles. The highest BCUT2D eigenvalue weighted by molar-refractivity contribution is 5.98. The summed E-state index contributed by atoms with van der Waals surface area (Å²) in [5, 5.41) is 10.4. The molecular weight excluding hydrogens is 392 g/mol. The first kappa shape index (κ1) is 21.1. The maximum absolute atomic E-state index is 11.3. The molecule has 162 valence electrons. The van der Waals surface area contributed by atoms with Gasteiger partial charge in [-0.2, -0.15) is 0 Å². The Morgan fingerprint density at radius 2 is 2.00 bits per heavy atom. The number of nitrogens with one attached hydrogen (secondary N) is 1. The molecule has 1 aliphatic heterocycles. The molecule has 4 rings (SSSR count). The summed E-state index contributed by atoms with van der Waals surface area (Å²) >= 11 is 0. The number of rotatable bonds is 7. The summed E-state index contributed by atoms with van der Waals surface area (Å²) in [6, 6.07) is 11.4. The number of methoxy groups -OCH3 is 2. The fourth-order valence-electron chi connectivity index (χ4n) is 4.61. The lowest BCUT2D eigenvalue weighted by atomic mass is 9.91. The molecule has 0 radical (unpaired) electrons. The molecule has 1 aromatic heterocycles. The molecule has 1 aliphatic rings. The van der Waals surface area contributed by atoms with Crippen molar-refractivity contribution in [3.8, 4) is 5.75 Å². The molecule has 2 heterocycles. The smallest absolute Gasteiger partial charge is 0.335 e. The summed E-state index contributed by atoms with van der Waals surface area (Å²) in [7, 11) is 3.46. The van der Waals surface area contributed by atoms with E-state index in [1.807, 2.05) is 18.3 Å². The van der Waals surface area contributed by atoms with E-state index < -0.39 is 5.97 Å². The van der Waals surface area contributed by atoms with Gasteiger partial charge in [-0.15, -0.1) is 0 Å². The summed E-state index contributed by atoms with van der Waals surface area (Å²) in [6.45, 7) is 4.45. The molecule has 0 saturated heterocycles. The average molecular weight is 422 g/mol. The van der Waals surface area contributed by atoms with Crippen LogP contribution in [0.5, 0.6) is 5.75 Å². The Morgan fingerprint density at radius 1 is 1.23 bits per heavy atom. The second-order valence-electron chi connectivity index (χ2n) is 8.21. The molecule has 0 fully saturated rings. The monoisotopic (exact) mass is 421 g/mol. The van der Waals surface area contributed by atoms with E-state index in [1.54, 1.807) is 26.4 Å². The van der Waals surface area contributed by atoms with Crippen LogP contribution in [0.4, 0.5) is 0 Å². The van der Waals surface area contributed by atoms with Crippen LogP contribution in [-0.2, 0) is 11.3 Å². The van der Waals surface area contributed by atoms with Crippen LogP contribution in [0.25, 0.3) is 10.9 Å². The number of H-pyrrole nitrogens is 1. The normalized spacial score (nSPS) is 16.7. The van der Waals surface area contributed by atoms with Crippen molar-refractivity contribution in [1.82, 2.24) is 4.98 Å². The molecule has 2 aromatic carbocycles. The molecule has 6 heteroatoms. The van der Waals surface area contributed by atoms with Gasteiger partial charge in [0, 0.05) is 49.2 Å². The van der Waals surface area contributed by atoms with Crippen molar-refractivity contribution in [2.24, 2.45) is 5.92 Å². The molecule has 0 bridgehead atoms. The number of aromatic nitrogens is 1. The molecule has 0 saturated carbocycles. The lowest BCUT2D eigenvalue weighted by Gasteiger charge is -2.23. The minimum absolute atomic E-state index is 0.300. The average Bonchev–Trinajstić information content (AvgIpc) is 3.27. The van der Waals surface area contributed by atoms with Gasteiger partial charge < -0.3 is 19.6 Å². The first-order valence-electron chi connectivity index (χ1n) is 10.6. The SMILES string of the molecule is COC[C@@H]1CC[N+](Cc2c(OC)cc(C)c3[nH]ccc23)=C(c2ccc(C(=O)O)cc2)C1. The summed E-state index contributed by atoms with van der Waals surface area (Å²) in [5.41, 5.74) is 6.03. The standard InChI is InChI=1S/C25H28N2O4/c1-16-12-23(31-3)21(20-8-10-26-24(16)20)14-27-11-9-17(15-30-2)13-22(27)18-4-6-19(7-5-18)25(28)29/h4-8,10,12,17,26H,9,11,13-15H2,1-3H3/p+1/t17-/m1/s1. The zero-order valence-electron chi connectivity index (χ0n) is 18.3. The highest BCUT2D eigenvalue weighted by atomic mass is 16.5. The number of aromatic amines is 1. The van der Waals surface area contributed by atoms with E-state index in [4.69, 9.17) is 9.47 Å². The minimum atomic E-state index is -0.909. The number of carbonyl (C=O) groups is 1. The number of ether oxygens (including phenoxy) is 2. The van der Waals surface area contributed by atoms with Gasteiger partial charge in [-0.05, 0) is 54.8 Å². The second-order valence-corrected chi connectivity index (χ2v) is 8.21. The maximum Gasteiger partial charge on any atom is 0.335 e. The number of nitrogens with zero attached hydrogens (tertiary/aromatic N) is 1. The van der Waals surface area contributed by atoms with Crippen molar-refractivity contribution in [2.45, 2.75) is 26.3 Å². The van der Waals surface area contributed by atoms with Crippen LogP contribution in [0, 0.1) is 12.8 Å². The summed E-state index contributed by atoms with van der Waals surface area (Å²) in [4.78, 5) is 14.6. The van der Waals surface area contributed by atoms with Crippen molar-refractivity contribution < 1.29 is 24.0 Å². The number of carboxylic acid groups (broad SMARTS) is 1. The van der Waals surface area contributed by atoms with Gasteiger partial charge in [-0.3, -0.25) is 0 Å². The van der Waals surface area contributed by atoms with E-state index in [2.05, 4.69) is 28.6 Å². The van der Waals surface area contributed by atoms with Gasteiger partial charge in [-0.25, -0.2) is 9.37 Å². The summed E-state index contributed by atoms with van der Waals surface area (Å²) < 4.78 is 13.6. The number of hydrogen-bond donors (Lipinski definition) is 2. The largest absolute Gasteiger partial charge is 0.496 e. The van der Waals surface area contributed by atoms with E-state index in [9.17, 15) is 9.90 Å². The fourth-order valence-corrected chi connectivity index (χ4v) is 4.61. The molecule has 3 aromatic rings. The molecule has 6 nitrogen and oxygen atoms in total. The third kappa shape index (κ3) is 4.21. The van der Waals surface area contributed by atoms with Gasteiger partial charge >= 0.3 is 5.97 Å². The van der Waals surface area contributed by atoms with Gasteiger partial charge in [0.2, 0.25) is 0 Å². The van der Waals surface area contributed by atoms with Crippen LogP contribution in [0.15, 0.2) is 42.6 Å². The number of fused-ring (bicyclic) bond motifs is 1. The van der Waals surface area contributed by atoms with Gasteiger partial charge in [0.15, 0.2) is 12.3 Å². The predicted octanol–water partition coefficient (Wildman–Crippen LogP) is 4.24. The van der Waals surface area contributed by atoms with E-state index in [-0.39, 0.29) is 0 Å². The first-order valence-corrected chi connectivity index (χ1v) is 10.6. The number of benzene rings is 2. The molecule has 2 N–H and O–H groups in total. The number of carboxylic acids is 1. The van der Waals surface area contributed by atoms with Crippen LogP contribution in [0.3, 0.4) is 0 Å². The zero-order chi connectivity index (χ0) is 22.0. The van der Waals surface area contributed by atoms with Gasteiger partial charge in [0.25, 0.3) is 0 Å². The van der Waals surface area contributed by atoms with Crippen LogP contribution in [-0.4, -0.2) is 53.7 Å². The number of aryl methyl sites for hydroxylation is 1. The highest BCUT2D eigenvalue weighted by Gasteiger charge is 2.30. The Morgan fingerprint density at radius 3 is 2.68 bits per heavy atom. The quantitative estimate of drug-likeness (QED) is 0.560. The minimum Gasteiger partial charge on any atom is -0.496 e. The summed E-state index contributed by atoms with van der Waals surface area (Å²) in [5.74, 6) is 0.431. The Balaban J connectivity index is 1.79. The molecule has 1 atom stereocenters. The summed E-state index contributed by atoms with van der Waals surface area (Å²) in [6.07, 6.45) is 3.92. The van der Waals surface area contributed by atoms with Crippen LogP contribution in [0.2, 0.25) is 0 Å². The third-order valence-corrected chi connectivity index (χ3v) is 6.22. The Hall–Kier alpha value is -3.12. The third-order valence-electron chi connectivity index (χ3n) is 6.22. The molecule has 0 spiro atoms. The van der Waals surface area contributed by atoms with Crippen molar-refractivity contribution in [2.75, 3.05) is 27.4 Å². The number of hydrogen-bond acceptors (Lipinski definition) is 3. The lowest BCUT2D eigenvalue weighted by molar-refractivity contribution is -0.550. The predicted molar refractivity (Wildman–Crippen MR) is 121 cm³/mol. The van der Waals surface area contributed by atoms with Gasteiger partial charge in [-0.1, -0.05) is 0 Å². The molecule has 0 amide bonds. The van der Waals surface area contributed by atoms with E-state index >= 15 is 0 Å². The lowest BCUT2D eigenvalue weighted by Crippen LogP contribution is -2.33. The van der Waals surface area contributed by atoms with Crippen molar-refractivity contribution >= 4 is 22.6 Å². The number of aromatic carboxylic acids is 1. The Labute approximate surface area is 182 Å². The first-order chi connectivity index (χ1) is 15.0. The Kier molecular flexibility index (Phi) is 6.09. The van der Waals surface area contributed by atoms with Gasteiger partial charge in [0.05, 0.1) is 18.2 Å². The fraction of sp³-hybridized carbons (Fsp3) is 0.360. The topological polar surface area (TPSA) is 74.6 Å². The van der Waals surface area contributed by atoms with Gasteiger partial charge in [0.1, 0.15) is 12.3 Å². The van der Waals surface area contributed by atoms with Crippen LogP contribution >= 0.6 is 0 Å². The second kappa shape index (κ2) is 8.94. The van der Waals surface area contributed by atoms with Crippen LogP contribution < -0.4 is 4.74 Å². The zero-order valence-corrected chi connectivity index (χ0v) is 18.3. The molecule has 0 unspecified atom stereocenters. The van der Waals surface area contributed by atoms with Crippen molar-refractivity contribution in [3.05, 3.63) is 64.8 Å². The van der Waals surface area contributed by atoms with E-state index in [0.29, 0.717) is 11.5 Å². The maximum atomic E-state index is 11.3. The van der Waals surface area contributed by atoms with E-state index in [0.717, 1.165) is 60.5 Å².